The molecule has 1 N–H and O–H groups in total. The van der Waals surface area contributed by atoms with Crippen LogP contribution in [-0.4, -0.2) is 85.2 Å². The average Bonchev–Trinajstić information content (AvgIpc) is 2.51. The van der Waals surface area contributed by atoms with Crippen molar-refractivity contribution in [3.63, 3.8) is 0 Å². The van der Waals surface area contributed by atoms with Crippen LogP contribution in [0.1, 0.15) is 10.4 Å². The van der Waals surface area contributed by atoms with Gasteiger partial charge in [0.05, 0.1) is 16.7 Å². The number of rotatable bonds is 5. The number of carbonyl (C=O) groups excluding carboxylic acids is 1. The Balaban J connectivity index is 1.89. The minimum atomic E-state index is -0.723. The molecule has 1 unspecified atom stereocenters. The molecule has 1 saturated heterocycles. The quantitative estimate of drug-likeness (QED) is 0.871. The van der Waals surface area contributed by atoms with Gasteiger partial charge in [-0.3, -0.25) is 9.69 Å². The maximum atomic E-state index is 13.9. The van der Waals surface area contributed by atoms with Gasteiger partial charge in [0.15, 0.2) is 5.82 Å². The summed E-state index contributed by atoms with van der Waals surface area (Å²) in [5.74, 6) is -1.21. The van der Waals surface area contributed by atoms with Crippen molar-refractivity contribution in [3.05, 3.63) is 34.6 Å². The number of aliphatic hydroxyl groups excluding tert-OH is 1. The summed E-state index contributed by atoms with van der Waals surface area (Å²) in [5, 5.41) is 10.1. The van der Waals surface area contributed by atoms with E-state index in [9.17, 15) is 14.3 Å². The number of carbonyl (C=O) groups is 1. The summed E-state index contributed by atoms with van der Waals surface area (Å²) < 4.78 is 13.9. The molecule has 0 spiro atoms. The summed E-state index contributed by atoms with van der Waals surface area (Å²) >= 11 is 5.70. The van der Waals surface area contributed by atoms with Gasteiger partial charge in [-0.1, -0.05) is 17.7 Å². The summed E-state index contributed by atoms with van der Waals surface area (Å²) in [4.78, 5) is 18.0. The molecule has 1 aliphatic heterocycles. The molecule has 7 heteroatoms. The van der Waals surface area contributed by atoms with Crippen LogP contribution in [0.2, 0.25) is 5.02 Å². The van der Waals surface area contributed by atoms with Gasteiger partial charge in [-0.15, -0.1) is 0 Å². The van der Waals surface area contributed by atoms with Crippen LogP contribution in [0.15, 0.2) is 18.2 Å². The van der Waals surface area contributed by atoms with E-state index in [-0.39, 0.29) is 17.1 Å². The normalized spacial score (nSPS) is 18.0. The van der Waals surface area contributed by atoms with Crippen molar-refractivity contribution in [2.45, 2.75) is 6.10 Å². The molecule has 1 aromatic rings. The number of amides is 1. The lowest BCUT2D eigenvalue weighted by molar-refractivity contribution is 0.0499. The van der Waals surface area contributed by atoms with Crippen molar-refractivity contribution in [1.82, 2.24) is 14.7 Å². The highest BCUT2D eigenvalue weighted by atomic mass is 35.5. The molecule has 0 radical (unpaired) electrons. The van der Waals surface area contributed by atoms with E-state index in [0.29, 0.717) is 6.54 Å². The standard InChI is InChI=1S/C16H23ClFN3O2/c1-19-6-8-21(9-7-19)11-12(22)10-20(2)16(23)13-4-3-5-14(17)15(13)18/h3-5,12,22H,6-11H2,1-2H3. The smallest absolute Gasteiger partial charge is 0.256 e. The number of β-amino-alcohol motifs (C(OH)–C–C–N with tert-alkyl or cyclic N) is 1. The zero-order valence-corrected chi connectivity index (χ0v) is 14.3. The van der Waals surface area contributed by atoms with Crippen LogP contribution in [-0.2, 0) is 0 Å². The molecule has 1 fully saturated rings. The fourth-order valence-corrected chi connectivity index (χ4v) is 2.83. The van der Waals surface area contributed by atoms with Gasteiger partial charge in [-0.05, 0) is 19.2 Å². The fourth-order valence-electron chi connectivity index (χ4n) is 2.66. The van der Waals surface area contributed by atoms with E-state index in [4.69, 9.17) is 11.6 Å². The fraction of sp³-hybridized carbons (Fsp3) is 0.562. The van der Waals surface area contributed by atoms with Crippen LogP contribution in [0.4, 0.5) is 4.39 Å². The van der Waals surface area contributed by atoms with E-state index in [1.54, 1.807) is 7.05 Å². The molecular formula is C16H23ClFN3O2. The number of benzene rings is 1. The van der Waals surface area contributed by atoms with Gasteiger partial charge < -0.3 is 14.9 Å². The number of likely N-dealkylation sites (N-methyl/N-ethyl adjacent to an activating group) is 2. The Labute approximate surface area is 141 Å². The lowest BCUT2D eigenvalue weighted by Gasteiger charge is -2.34. The van der Waals surface area contributed by atoms with E-state index in [0.717, 1.165) is 26.2 Å². The Kier molecular flexibility index (Phi) is 6.35. The average molecular weight is 344 g/mol. The molecule has 2 rings (SSSR count). The van der Waals surface area contributed by atoms with Crippen molar-refractivity contribution in [1.29, 1.82) is 0 Å². The van der Waals surface area contributed by atoms with Gasteiger partial charge in [-0.25, -0.2) is 4.39 Å². The number of aliphatic hydroxyl groups is 1. The largest absolute Gasteiger partial charge is 0.390 e. The van der Waals surface area contributed by atoms with Gasteiger partial charge in [-0.2, -0.15) is 0 Å². The van der Waals surface area contributed by atoms with Crippen LogP contribution < -0.4 is 0 Å². The third-order valence-corrected chi connectivity index (χ3v) is 4.37. The minimum Gasteiger partial charge on any atom is -0.390 e. The number of piperazine rings is 1. The third-order valence-electron chi connectivity index (χ3n) is 4.08. The predicted octanol–water partition coefficient (Wildman–Crippen LogP) is 1.16. The molecule has 1 aliphatic rings. The van der Waals surface area contributed by atoms with Crippen molar-refractivity contribution in [3.8, 4) is 0 Å². The van der Waals surface area contributed by atoms with Crippen LogP contribution in [0, 0.1) is 5.82 Å². The molecule has 128 valence electrons. The molecule has 0 saturated carbocycles. The summed E-state index contributed by atoms with van der Waals surface area (Å²) in [7, 11) is 3.62. The molecule has 0 aliphatic carbocycles. The molecule has 1 heterocycles. The summed E-state index contributed by atoms with van der Waals surface area (Å²) in [5.41, 5.74) is -0.0770. The Morgan fingerprint density at radius 2 is 2.04 bits per heavy atom. The van der Waals surface area contributed by atoms with Crippen molar-refractivity contribution in [2.24, 2.45) is 0 Å². The Morgan fingerprint density at radius 3 is 2.70 bits per heavy atom. The van der Waals surface area contributed by atoms with Crippen LogP contribution in [0.3, 0.4) is 0 Å². The van der Waals surface area contributed by atoms with Crippen molar-refractivity contribution in [2.75, 3.05) is 53.4 Å². The highest BCUT2D eigenvalue weighted by molar-refractivity contribution is 6.31. The van der Waals surface area contributed by atoms with E-state index in [2.05, 4.69) is 16.8 Å². The second-order valence-electron chi connectivity index (χ2n) is 6.04. The minimum absolute atomic E-state index is 0.0770. The number of hydrogen-bond acceptors (Lipinski definition) is 4. The molecular weight excluding hydrogens is 321 g/mol. The highest BCUT2D eigenvalue weighted by Gasteiger charge is 2.22. The molecule has 0 bridgehead atoms. The zero-order chi connectivity index (χ0) is 17.0. The molecule has 1 aromatic carbocycles. The Bertz CT molecular complexity index is 550. The van der Waals surface area contributed by atoms with E-state index >= 15 is 0 Å². The van der Waals surface area contributed by atoms with Gasteiger partial charge in [0.1, 0.15) is 0 Å². The first-order valence-corrected chi connectivity index (χ1v) is 8.04. The number of hydrogen-bond donors (Lipinski definition) is 1. The summed E-state index contributed by atoms with van der Waals surface area (Å²) in [6.07, 6.45) is -0.672. The molecule has 0 aromatic heterocycles. The van der Waals surface area contributed by atoms with Gasteiger partial charge >= 0.3 is 0 Å². The molecule has 1 atom stereocenters. The van der Waals surface area contributed by atoms with Crippen LogP contribution in [0.25, 0.3) is 0 Å². The second-order valence-corrected chi connectivity index (χ2v) is 6.45. The van der Waals surface area contributed by atoms with Crippen molar-refractivity contribution < 1.29 is 14.3 Å². The first-order chi connectivity index (χ1) is 10.9. The zero-order valence-electron chi connectivity index (χ0n) is 13.5. The highest BCUT2D eigenvalue weighted by Crippen LogP contribution is 2.19. The molecule has 23 heavy (non-hydrogen) atoms. The Hall–Kier alpha value is -1.21. The lowest BCUT2D eigenvalue weighted by atomic mass is 10.1. The number of nitrogens with zero attached hydrogens (tertiary/aromatic N) is 3. The van der Waals surface area contributed by atoms with E-state index in [1.165, 1.54) is 23.1 Å². The van der Waals surface area contributed by atoms with Gasteiger partial charge in [0.25, 0.3) is 5.91 Å². The van der Waals surface area contributed by atoms with Gasteiger partial charge in [0, 0.05) is 46.3 Å². The molecule has 5 nitrogen and oxygen atoms in total. The lowest BCUT2D eigenvalue weighted by Crippen LogP contribution is -2.49. The van der Waals surface area contributed by atoms with E-state index in [1.807, 2.05) is 0 Å². The number of halogens is 2. The van der Waals surface area contributed by atoms with Gasteiger partial charge in [0.2, 0.25) is 0 Å². The first-order valence-electron chi connectivity index (χ1n) is 7.67. The maximum absolute atomic E-state index is 13.9. The maximum Gasteiger partial charge on any atom is 0.256 e. The third kappa shape index (κ3) is 4.88. The summed E-state index contributed by atoms with van der Waals surface area (Å²) in [6.45, 7) is 4.38. The van der Waals surface area contributed by atoms with E-state index < -0.39 is 17.8 Å². The SMILES string of the molecule is CN1CCN(CC(O)CN(C)C(=O)c2cccc(Cl)c2F)CC1. The van der Waals surface area contributed by atoms with Crippen LogP contribution in [0.5, 0.6) is 0 Å². The first kappa shape index (κ1) is 18.1. The topological polar surface area (TPSA) is 47.0 Å². The van der Waals surface area contributed by atoms with Crippen LogP contribution >= 0.6 is 11.6 Å². The predicted molar refractivity (Wildman–Crippen MR) is 88.3 cm³/mol. The monoisotopic (exact) mass is 343 g/mol. The summed E-state index contributed by atoms with van der Waals surface area (Å²) in [6, 6.07) is 4.33. The second kappa shape index (κ2) is 8.06. The molecule has 1 amide bonds. The van der Waals surface area contributed by atoms with Crippen molar-refractivity contribution >= 4 is 17.5 Å². The Morgan fingerprint density at radius 1 is 1.39 bits per heavy atom.